The number of rotatable bonds is 4. The fraction of sp³-hybridized carbons (Fsp3) is 0.158. The minimum Gasteiger partial charge on any atom is -0.305 e. The molecule has 0 saturated carbocycles. The van der Waals surface area contributed by atoms with E-state index in [0.29, 0.717) is 15.0 Å². The van der Waals surface area contributed by atoms with Gasteiger partial charge in [0.2, 0.25) is 0 Å². The van der Waals surface area contributed by atoms with Crippen LogP contribution in [0.4, 0.5) is 0 Å². The fourth-order valence-electron chi connectivity index (χ4n) is 2.62. The highest BCUT2D eigenvalue weighted by Gasteiger charge is 2.14. The van der Waals surface area contributed by atoms with E-state index in [-0.39, 0.29) is 21.9 Å². The zero-order valence-electron chi connectivity index (χ0n) is 15.5. The first-order valence-corrected chi connectivity index (χ1v) is 12.8. The third kappa shape index (κ3) is 4.48. The van der Waals surface area contributed by atoms with Crippen LogP contribution in [0.2, 0.25) is 0 Å². The lowest BCUT2D eigenvalue weighted by Crippen LogP contribution is -2.16. The van der Waals surface area contributed by atoms with Gasteiger partial charge in [-0.05, 0) is 36.4 Å². The average Bonchev–Trinajstić information content (AvgIpc) is 2.97. The second-order valence-electron chi connectivity index (χ2n) is 6.29. The summed E-state index contributed by atoms with van der Waals surface area (Å²) < 4.78 is 49.3. The summed E-state index contributed by atoms with van der Waals surface area (Å²) in [5, 5.41) is 0. The molecule has 29 heavy (non-hydrogen) atoms. The molecule has 0 aliphatic heterocycles. The highest BCUT2D eigenvalue weighted by atomic mass is 32.2. The van der Waals surface area contributed by atoms with Crippen LogP contribution >= 0.6 is 11.3 Å². The Hall–Kier alpha value is -2.74. The second kappa shape index (κ2) is 7.59. The van der Waals surface area contributed by atoms with E-state index in [1.165, 1.54) is 36.4 Å². The molecule has 0 N–H and O–H groups in total. The van der Waals surface area contributed by atoms with Gasteiger partial charge in [-0.2, -0.15) is 4.99 Å². The lowest BCUT2D eigenvalue weighted by Gasteiger charge is -2.02. The van der Waals surface area contributed by atoms with E-state index in [0.717, 1.165) is 23.8 Å². The molecule has 0 spiro atoms. The van der Waals surface area contributed by atoms with Gasteiger partial charge in [0.1, 0.15) is 0 Å². The van der Waals surface area contributed by atoms with E-state index in [9.17, 15) is 21.6 Å². The van der Waals surface area contributed by atoms with E-state index >= 15 is 0 Å². The molecule has 0 atom stereocenters. The van der Waals surface area contributed by atoms with Crippen molar-refractivity contribution in [3.8, 4) is 12.3 Å². The zero-order chi connectivity index (χ0) is 21.4. The largest absolute Gasteiger partial charge is 0.305 e. The number of carbonyl (C=O) groups is 1. The van der Waals surface area contributed by atoms with Crippen molar-refractivity contribution < 1.29 is 21.6 Å². The minimum atomic E-state index is -3.47. The molecule has 0 radical (unpaired) electrons. The summed E-state index contributed by atoms with van der Waals surface area (Å²) in [5.74, 6) is 1.86. The monoisotopic (exact) mass is 448 g/mol. The Morgan fingerprint density at radius 1 is 1.07 bits per heavy atom. The van der Waals surface area contributed by atoms with E-state index in [1.807, 2.05) is 0 Å². The molecule has 1 amide bonds. The van der Waals surface area contributed by atoms with Crippen LogP contribution in [0.15, 0.2) is 57.2 Å². The third-order valence-electron chi connectivity index (χ3n) is 4.04. The lowest BCUT2D eigenvalue weighted by atomic mass is 10.2. The number of carbonyl (C=O) groups excluding carboxylic acids is 1. The van der Waals surface area contributed by atoms with Crippen LogP contribution in [0.1, 0.15) is 10.4 Å². The predicted octanol–water partition coefficient (Wildman–Crippen LogP) is 1.88. The number of hydrogen-bond acceptors (Lipinski definition) is 6. The molecule has 7 nitrogen and oxygen atoms in total. The molecule has 150 valence electrons. The van der Waals surface area contributed by atoms with Crippen molar-refractivity contribution in [2.75, 3.05) is 12.5 Å². The maximum absolute atomic E-state index is 12.6. The molecule has 1 heterocycles. The zero-order valence-corrected chi connectivity index (χ0v) is 17.9. The van der Waals surface area contributed by atoms with E-state index in [4.69, 9.17) is 6.42 Å². The maximum Gasteiger partial charge on any atom is 0.279 e. The first-order chi connectivity index (χ1) is 13.5. The van der Waals surface area contributed by atoms with Gasteiger partial charge in [0.15, 0.2) is 24.5 Å². The Bertz CT molecular complexity index is 1450. The van der Waals surface area contributed by atoms with Gasteiger partial charge in [0.05, 0.1) is 26.6 Å². The first-order valence-electron chi connectivity index (χ1n) is 8.17. The summed E-state index contributed by atoms with van der Waals surface area (Å²) in [7, 11) is -6.86. The Labute approximate surface area is 172 Å². The summed E-state index contributed by atoms with van der Waals surface area (Å²) in [5.41, 5.74) is 0.770. The normalized spacial score (nSPS) is 12.8. The van der Waals surface area contributed by atoms with Crippen molar-refractivity contribution in [1.82, 2.24) is 4.57 Å². The third-order valence-corrected chi connectivity index (χ3v) is 7.30. The molecular formula is C19H16N2O5S3. The van der Waals surface area contributed by atoms with Gasteiger partial charge >= 0.3 is 0 Å². The van der Waals surface area contributed by atoms with Gasteiger partial charge in [0, 0.05) is 18.1 Å². The standard InChI is InChI=1S/C19H16N2O5S3/c1-4-10-21-16-9-8-15(29(3,25)26)12-17(16)27-19(21)20-18(22)13-6-5-7-14(11-13)28(2,23)24/h1,5-9,11-12H,10H2,2-3H3. The van der Waals surface area contributed by atoms with Crippen LogP contribution in [0, 0.1) is 12.3 Å². The Kier molecular flexibility index (Phi) is 5.49. The number of amides is 1. The van der Waals surface area contributed by atoms with Crippen LogP contribution in [0.3, 0.4) is 0 Å². The molecule has 10 heteroatoms. The summed E-state index contributed by atoms with van der Waals surface area (Å²) >= 11 is 1.12. The van der Waals surface area contributed by atoms with Gasteiger partial charge in [0.25, 0.3) is 5.91 Å². The van der Waals surface area contributed by atoms with Gasteiger partial charge in [-0.1, -0.05) is 23.3 Å². The number of nitrogens with zero attached hydrogens (tertiary/aromatic N) is 2. The molecule has 3 rings (SSSR count). The van der Waals surface area contributed by atoms with Crippen LogP contribution in [0.25, 0.3) is 10.2 Å². The van der Waals surface area contributed by atoms with Crippen LogP contribution in [-0.2, 0) is 26.2 Å². The van der Waals surface area contributed by atoms with Crippen LogP contribution < -0.4 is 4.80 Å². The van der Waals surface area contributed by atoms with E-state index in [2.05, 4.69) is 10.9 Å². The minimum absolute atomic E-state index is 0.0178. The van der Waals surface area contributed by atoms with Crippen molar-refractivity contribution in [1.29, 1.82) is 0 Å². The van der Waals surface area contributed by atoms with Crippen molar-refractivity contribution in [2.45, 2.75) is 16.3 Å². The number of fused-ring (bicyclic) bond motifs is 1. The van der Waals surface area contributed by atoms with Crippen molar-refractivity contribution in [3.63, 3.8) is 0 Å². The Morgan fingerprint density at radius 2 is 1.72 bits per heavy atom. The van der Waals surface area contributed by atoms with Gasteiger partial charge in [-0.3, -0.25) is 4.79 Å². The summed E-state index contributed by atoms with van der Waals surface area (Å²) in [6, 6.07) is 10.2. The fourth-order valence-corrected chi connectivity index (χ4v) is 5.08. The molecular weight excluding hydrogens is 432 g/mol. The van der Waals surface area contributed by atoms with Crippen molar-refractivity contribution in [2.24, 2.45) is 4.99 Å². The number of terminal acetylenes is 1. The first kappa shape index (κ1) is 21.0. The number of thiazole rings is 1. The average molecular weight is 449 g/mol. The highest BCUT2D eigenvalue weighted by Crippen LogP contribution is 2.22. The summed E-state index contributed by atoms with van der Waals surface area (Å²) in [6.45, 7) is 0.133. The molecule has 2 aromatic carbocycles. The quantitative estimate of drug-likeness (QED) is 0.567. The van der Waals surface area contributed by atoms with Gasteiger partial charge < -0.3 is 4.57 Å². The van der Waals surface area contributed by atoms with Crippen LogP contribution in [0.5, 0.6) is 0 Å². The van der Waals surface area contributed by atoms with E-state index < -0.39 is 25.6 Å². The SMILES string of the molecule is C#CCn1c(=NC(=O)c2cccc(S(C)(=O)=O)c2)sc2cc(S(C)(=O)=O)ccc21. The molecule has 0 aliphatic carbocycles. The van der Waals surface area contributed by atoms with Crippen molar-refractivity contribution in [3.05, 3.63) is 52.8 Å². The van der Waals surface area contributed by atoms with Crippen molar-refractivity contribution >= 4 is 47.1 Å². The topological polar surface area (TPSA) is 103 Å². The molecule has 3 aromatic rings. The Morgan fingerprint density at radius 3 is 2.34 bits per heavy atom. The second-order valence-corrected chi connectivity index (χ2v) is 11.3. The number of benzene rings is 2. The summed E-state index contributed by atoms with van der Waals surface area (Å²) in [6.07, 6.45) is 7.60. The molecule has 0 unspecified atom stereocenters. The molecule has 1 aromatic heterocycles. The number of hydrogen-bond donors (Lipinski definition) is 0. The predicted molar refractivity (Wildman–Crippen MR) is 111 cm³/mol. The number of sulfone groups is 2. The Balaban J connectivity index is 2.18. The molecule has 0 aliphatic rings. The highest BCUT2D eigenvalue weighted by molar-refractivity contribution is 7.91. The summed E-state index contributed by atoms with van der Waals surface area (Å²) in [4.78, 5) is 17.2. The van der Waals surface area contributed by atoms with Gasteiger partial charge in [-0.25, -0.2) is 16.8 Å². The molecule has 0 bridgehead atoms. The molecule has 0 fully saturated rings. The maximum atomic E-state index is 12.6. The van der Waals surface area contributed by atoms with E-state index in [1.54, 1.807) is 10.6 Å². The molecule has 0 saturated heterocycles. The van der Waals surface area contributed by atoms with Gasteiger partial charge in [-0.15, -0.1) is 6.42 Å². The number of aromatic nitrogens is 1. The lowest BCUT2D eigenvalue weighted by molar-refractivity contribution is 0.0997. The van der Waals surface area contributed by atoms with Crippen LogP contribution in [-0.4, -0.2) is 39.8 Å². The smallest absolute Gasteiger partial charge is 0.279 e.